The van der Waals surface area contributed by atoms with E-state index in [1.54, 1.807) is 0 Å². The molecule has 1 heteroatoms. The van der Waals surface area contributed by atoms with Crippen LogP contribution in [0.2, 0.25) is 0 Å². The second-order valence-corrected chi connectivity index (χ2v) is 6.98. The minimum absolute atomic E-state index is 0.905. The molecule has 0 amide bonds. The van der Waals surface area contributed by atoms with Gasteiger partial charge in [0.25, 0.3) is 0 Å². The van der Waals surface area contributed by atoms with Gasteiger partial charge in [0.1, 0.15) is 0 Å². The van der Waals surface area contributed by atoms with Crippen molar-refractivity contribution in [1.82, 2.24) is 4.98 Å². The smallest absolute Gasteiger partial charge is 0.0866 e. The highest BCUT2D eigenvalue weighted by Crippen LogP contribution is 2.24. The Morgan fingerprint density at radius 1 is 0.433 bits per heavy atom. The van der Waals surface area contributed by atoms with Crippen molar-refractivity contribution in [2.75, 3.05) is 0 Å². The van der Waals surface area contributed by atoms with E-state index in [-0.39, 0.29) is 0 Å². The van der Waals surface area contributed by atoms with Gasteiger partial charge in [-0.2, -0.15) is 0 Å². The Morgan fingerprint density at radius 2 is 0.900 bits per heavy atom. The van der Waals surface area contributed by atoms with Crippen molar-refractivity contribution in [3.63, 3.8) is 0 Å². The lowest BCUT2D eigenvalue weighted by atomic mass is 10.0. The lowest BCUT2D eigenvalue weighted by Gasteiger charge is -2.05. The van der Waals surface area contributed by atoms with Gasteiger partial charge in [-0.3, -0.25) is 0 Å². The fourth-order valence-electron chi connectivity index (χ4n) is 3.41. The Morgan fingerprint density at radius 3 is 1.37 bits per heavy atom. The van der Waals surface area contributed by atoms with E-state index < -0.39 is 0 Å². The molecule has 0 aliphatic carbocycles. The summed E-state index contributed by atoms with van der Waals surface area (Å²) in [4.78, 5) is 5.00. The molecule has 5 aromatic rings. The van der Waals surface area contributed by atoms with Gasteiger partial charge in [-0.1, -0.05) is 84.3 Å². The molecular formula is C29H17N. The first-order valence-electron chi connectivity index (χ1n) is 9.83. The van der Waals surface area contributed by atoms with Gasteiger partial charge < -0.3 is 0 Å². The Hall–Kier alpha value is -4.33. The van der Waals surface area contributed by atoms with Crippen LogP contribution < -0.4 is 0 Å². The second-order valence-electron chi connectivity index (χ2n) is 6.98. The Kier molecular flexibility index (Phi) is 4.71. The van der Waals surface area contributed by atoms with Crippen molar-refractivity contribution in [2.45, 2.75) is 0 Å². The molecule has 1 aromatic heterocycles. The zero-order valence-corrected chi connectivity index (χ0v) is 16.3. The van der Waals surface area contributed by atoms with Crippen molar-refractivity contribution in [2.24, 2.45) is 0 Å². The predicted octanol–water partition coefficient (Wildman–Crippen LogP) is 6.19. The zero-order chi connectivity index (χ0) is 20.2. The molecule has 1 heterocycles. The van der Waals surface area contributed by atoms with E-state index in [1.165, 1.54) is 0 Å². The minimum atomic E-state index is 0.905. The summed E-state index contributed by atoms with van der Waals surface area (Å²) >= 11 is 0. The molecule has 0 atom stereocenters. The average Bonchev–Trinajstić information content (AvgIpc) is 2.81. The van der Waals surface area contributed by atoms with Crippen LogP contribution in [0.3, 0.4) is 0 Å². The molecule has 4 aromatic carbocycles. The molecule has 0 unspecified atom stereocenters. The second kappa shape index (κ2) is 7.96. The van der Waals surface area contributed by atoms with Crippen LogP contribution in [0.5, 0.6) is 0 Å². The summed E-state index contributed by atoms with van der Waals surface area (Å²) in [7, 11) is 0. The molecule has 1 nitrogen and oxygen atoms in total. The van der Waals surface area contributed by atoms with Crippen LogP contribution in [0.15, 0.2) is 103 Å². The summed E-state index contributed by atoms with van der Waals surface area (Å²) in [6.45, 7) is 0. The van der Waals surface area contributed by atoms with Gasteiger partial charge in [0.05, 0.1) is 22.2 Å². The van der Waals surface area contributed by atoms with E-state index in [2.05, 4.69) is 41.9 Å². The normalized spacial score (nSPS) is 10.1. The van der Waals surface area contributed by atoms with Gasteiger partial charge in [-0.05, 0) is 42.5 Å². The van der Waals surface area contributed by atoms with Gasteiger partial charge >= 0.3 is 0 Å². The molecule has 0 spiro atoms. The molecule has 30 heavy (non-hydrogen) atoms. The van der Waals surface area contributed by atoms with Crippen LogP contribution in [-0.4, -0.2) is 4.98 Å². The van der Waals surface area contributed by atoms with Gasteiger partial charge in [0.15, 0.2) is 0 Å². The molecule has 5 rings (SSSR count). The largest absolute Gasteiger partial charge is 0.245 e. The minimum Gasteiger partial charge on any atom is -0.245 e. The van der Waals surface area contributed by atoms with Crippen molar-refractivity contribution in [3.8, 4) is 23.7 Å². The summed E-state index contributed by atoms with van der Waals surface area (Å²) in [5, 5.41) is 2.16. The summed E-state index contributed by atoms with van der Waals surface area (Å²) in [5.41, 5.74) is 5.63. The first-order valence-corrected chi connectivity index (χ1v) is 9.83. The number of fused-ring (bicyclic) bond motifs is 2. The van der Waals surface area contributed by atoms with Gasteiger partial charge in [0.2, 0.25) is 0 Å². The standard InChI is InChI=1S/C29H17N/c1-3-9-22(10-4-1)17-19-24-13-7-15-26-21-27-16-8-14-25(29(27)30-28(24)26)20-18-23-11-5-2-6-12-23/h1-16,21H. The quantitative estimate of drug-likeness (QED) is 0.231. The highest BCUT2D eigenvalue weighted by Gasteiger charge is 2.06. The van der Waals surface area contributed by atoms with Gasteiger partial charge in [-0.25, -0.2) is 4.98 Å². The third kappa shape index (κ3) is 3.66. The topological polar surface area (TPSA) is 12.9 Å². The molecule has 0 saturated carbocycles. The first kappa shape index (κ1) is 17.7. The molecule has 0 radical (unpaired) electrons. The SMILES string of the molecule is C(#Cc1cccc2cc3cccc(C#Cc4ccccc4)c3nc12)c1ccccc1. The van der Waals surface area contributed by atoms with E-state index in [9.17, 15) is 0 Å². The molecule has 0 aliphatic rings. The van der Waals surface area contributed by atoms with E-state index in [1.807, 2.05) is 84.9 Å². The Labute approximate surface area is 176 Å². The summed E-state index contributed by atoms with van der Waals surface area (Å²) < 4.78 is 0. The van der Waals surface area contributed by atoms with Crippen molar-refractivity contribution in [1.29, 1.82) is 0 Å². The molecule has 138 valence electrons. The number of pyridine rings is 1. The summed E-state index contributed by atoms with van der Waals surface area (Å²) in [6, 6.07) is 34.5. The Bertz CT molecular complexity index is 1360. The van der Waals surface area contributed by atoms with Crippen LogP contribution in [0.25, 0.3) is 21.8 Å². The lowest BCUT2D eigenvalue weighted by molar-refractivity contribution is 1.47. The van der Waals surface area contributed by atoms with Crippen LogP contribution in [-0.2, 0) is 0 Å². The number of hydrogen-bond donors (Lipinski definition) is 0. The van der Waals surface area contributed by atoms with Crippen molar-refractivity contribution in [3.05, 3.63) is 125 Å². The fourth-order valence-corrected chi connectivity index (χ4v) is 3.41. The number of aromatic nitrogens is 1. The summed E-state index contributed by atoms with van der Waals surface area (Å²) in [6.07, 6.45) is 0. The molecule has 0 fully saturated rings. The highest BCUT2D eigenvalue weighted by atomic mass is 14.7. The third-order valence-electron chi connectivity index (χ3n) is 4.90. The fraction of sp³-hybridized carbons (Fsp3) is 0. The van der Waals surface area contributed by atoms with E-state index >= 15 is 0 Å². The van der Waals surface area contributed by atoms with E-state index in [0.29, 0.717) is 0 Å². The van der Waals surface area contributed by atoms with Crippen LogP contribution in [0, 0.1) is 23.7 Å². The Balaban J connectivity index is 1.66. The zero-order valence-electron chi connectivity index (χ0n) is 16.3. The maximum absolute atomic E-state index is 5.00. The van der Waals surface area contributed by atoms with Crippen molar-refractivity contribution >= 4 is 21.8 Å². The van der Waals surface area contributed by atoms with Crippen LogP contribution >= 0.6 is 0 Å². The number of benzene rings is 4. The third-order valence-corrected chi connectivity index (χ3v) is 4.90. The van der Waals surface area contributed by atoms with E-state index in [0.717, 1.165) is 44.1 Å². The monoisotopic (exact) mass is 379 g/mol. The van der Waals surface area contributed by atoms with E-state index in [4.69, 9.17) is 4.98 Å². The van der Waals surface area contributed by atoms with Gasteiger partial charge in [-0.15, -0.1) is 0 Å². The lowest BCUT2D eigenvalue weighted by Crippen LogP contribution is -1.89. The number of rotatable bonds is 0. The first-order chi connectivity index (χ1) is 14.9. The number of para-hydroxylation sites is 2. The van der Waals surface area contributed by atoms with Crippen LogP contribution in [0.1, 0.15) is 22.3 Å². The average molecular weight is 379 g/mol. The molecule has 0 aliphatic heterocycles. The summed E-state index contributed by atoms with van der Waals surface area (Å²) in [5.74, 6) is 13.1. The molecule has 0 bridgehead atoms. The van der Waals surface area contributed by atoms with Crippen LogP contribution in [0.4, 0.5) is 0 Å². The van der Waals surface area contributed by atoms with Crippen molar-refractivity contribution < 1.29 is 0 Å². The highest BCUT2D eigenvalue weighted by molar-refractivity contribution is 5.97. The number of hydrogen-bond acceptors (Lipinski definition) is 1. The maximum Gasteiger partial charge on any atom is 0.0866 e. The maximum atomic E-state index is 5.00. The molecular weight excluding hydrogens is 362 g/mol. The number of nitrogens with zero attached hydrogens (tertiary/aromatic N) is 1. The predicted molar refractivity (Wildman–Crippen MR) is 124 cm³/mol. The molecule has 0 saturated heterocycles. The molecule has 0 N–H and O–H groups in total. The van der Waals surface area contributed by atoms with Gasteiger partial charge in [0, 0.05) is 21.9 Å².